The van der Waals surface area contributed by atoms with Gasteiger partial charge in [0.2, 0.25) is 0 Å². The van der Waals surface area contributed by atoms with Crippen LogP contribution in [0.3, 0.4) is 0 Å². The van der Waals surface area contributed by atoms with Gasteiger partial charge in [-0.25, -0.2) is 8.42 Å². The molecule has 0 bridgehead atoms. The lowest BCUT2D eigenvalue weighted by Crippen LogP contribution is -2.44. The summed E-state index contributed by atoms with van der Waals surface area (Å²) in [6, 6.07) is 0.814. The first-order valence-electron chi connectivity index (χ1n) is 6.24. The van der Waals surface area contributed by atoms with E-state index >= 15 is 0 Å². The zero-order valence-electron chi connectivity index (χ0n) is 11.3. The van der Waals surface area contributed by atoms with Crippen molar-refractivity contribution in [3.63, 3.8) is 0 Å². The lowest BCUT2D eigenvalue weighted by Gasteiger charge is -2.26. The molecule has 1 aromatic heterocycles. The number of aryl methyl sites for hydroxylation is 1. The minimum Gasteiger partial charge on any atom is -0.480 e. The summed E-state index contributed by atoms with van der Waals surface area (Å²) in [5.41, 5.74) is 0.227. The van der Waals surface area contributed by atoms with Gasteiger partial charge in [0.1, 0.15) is 12.2 Å². The fraction of sp³-hybridized carbons (Fsp3) is 0.500. The van der Waals surface area contributed by atoms with E-state index in [0.29, 0.717) is 5.02 Å². The standard InChI is InChI=1S/C12H15ClN2O5S/c1-14-5-8(13)4-10(14)12(18)15(6-11(16)17)9-2-3-21(19,20)7-9/h4-5,9H,2-3,6-7H2,1H3,(H,16,17). The van der Waals surface area contributed by atoms with Crippen LogP contribution in [0.15, 0.2) is 12.3 Å². The molecule has 0 spiro atoms. The number of rotatable bonds is 4. The Morgan fingerprint density at radius 2 is 2.19 bits per heavy atom. The fourth-order valence-corrected chi connectivity index (χ4v) is 4.40. The maximum atomic E-state index is 12.5. The van der Waals surface area contributed by atoms with Crippen LogP contribution in [0.4, 0.5) is 0 Å². The quantitative estimate of drug-likeness (QED) is 0.859. The van der Waals surface area contributed by atoms with E-state index in [1.54, 1.807) is 7.05 Å². The predicted molar refractivity (Wildman–Crippen MR) is 76.2 cm³/mol. The maximum Gasteiger partial charge on any atom is 0.323 e. The molecule has 116 valence electrons. The fourth-order valence-electron chi connectivity index (χ4n) is 2.42. The van der Waals surface area contributed by atoms with E-state index < -0.39 is 34.3 Å². The highest BCUT2D eigenvalue weighted by Crippen LogP contribution is 2.21. The Morgan fingerprint density at radius 3 is 2.62 bits per heavy atom. The van der Waals surface area contributed by atoms with Crippen LogP contribution in [0.5, 0.6) is 0 Å². The largest absolute Gasteiger partial charge is 0.480 e. The monoisotopic (exact) mass is 334 g/mol. The van der Waals surface area contributed by atoms with Crippen LogP contribution in [0.2, 0.25) is 5.02 Å². The second-order valence-electron chi connectivity index (χ2n) is 5.04. The summed E-state index contributed by atoms with van der Waals surface area (Å²) < 4.78 is 24.6. The number of aliphatic carboxylic acids is 1. The lowest BCUT2D eigenvalue weighted by atomic mass is 10.2. The van der Waals surface area contributed by atoms with Crippen molar-refractivity contribution in [2.75, 3.05) is 18.1 Å². The van der Waals surface area contributed by atoms with E-state index in [9.17, 15) is 18.0 Å². The van der Waals surface area contributed by atoms with Gasteiger partial charge in [0.05, 0.1) is 16.5 Å². The van der Waals surface area contributed by atoms with Crippen LogP contribution >= 0.6 is 11.6 Å². The van der Waals surface area contributed by atoms with E-state index in [1.165, 1.54) is 16.8 Å². The third-order valence-corrected chi connectivity index (χ3v) is 5.36. The maximum absolute atomic E-state index is 12.5. The molecule has 1 aromatic rings. The number of amides is 1. The Morgan fingerprint density at radius 1 is 1.52 bits per heavy atom. The van der Waals surface area contributed by atoms with Crippen molar-refractivity contribution >= 4 is 33.3 Å². The first-order chi connectivity index (χ1) is 9.69. The molecule has 0 aliphatic carbocycles. The number of aromatic nitrogens is 1. The summed E-state index contributed by atoms with van der Waals surface area (Å²) in [5.74, 6) is -1.96. The summed E-state index contributed by atoms with van der Waals surface area (Å²) >= 11 is 5.82. The summed E-state index contributed by atoms with van der Waals surface area (Å²) in [7, 11) is -1.60. The van der Waals surface area contributed by atoms with Crippen molar-refractivity contribution in [3.8, 4) is 0 Å². The van der Waals surface area contributed by atoms with Crippen LogP contribution in [0.25, 0.3) is 0 Å². The number of carboxylic acids is 1. The zero-order valence-corrected chi connectivity index (χ0v) is 12.9. The minimum absolute atomic E-state index is 0.0328. The van der Waals surface area contributed by atoms with Crippen molar-refractivity contribution < 1.29 is 23.1 Å². The Labute approximate surface area is 127 Å². The van der Waals surface area contributed by atoms with Crippen LogP contribution in [0, 0.1) is 0 Å². The predicted octanol–water partition coefficient (Wildman–Crippen LogP) is 0.392. The molecule has 0 saturated carbocycles. The molecule has 1 aliphatic rings. The second kappa shape index (κ2) is 5.69. The first-order valence-corrected chi connectivity index (χ1v) is 8.44. The van der Waals surface area contributed by atoms with E-state index in [1.807, 2.05) is 0 Å². The molecule has 0 radical (unpaired) electrons. The number of halogens is 1. The van der Waals surface area contributed by atoms with Gasteiger partial charge in [-0.3, -0.25) is 9.59 Å². The van der Waals surface area contributed by atoms with Crippen LogP contribution < -0.4 is 0 Å². The normalized spacial score (nSPS) is 20.4. The van der Waals surface area contributed by atoms with Gasteiger partial charge in [-0.15, -0.1) is 0 Å². The molecular weight excluding hydrogens is 320 g/mol. The summed E-state index contributed by atoms with van der Waals surface area (Å²) in [5, 5.41) is 9.33. The minimum atomic E-state index is -3.22. The molecule has 1 N–H and O–H groups in total. The van der Waals surface area contributed by atoms with Gasteiger partial charge in [0.15, 0.2) is 9.84 Å². The molecule has 1 unspecified atom stereocenters. The second-order valence-corrected chi connectivity index (χ2v) is 7.70. The molecule has 2 rings (SSSR count). The van der Waals surface area contributed by atoms with Gasteiger partial charge in [-0.1, -0.05) is 11.6 Å². The topological polar surface area (TPSA) is 96.7 Å². The molecule has 1 atom stereocenters. The molecular formula is C12H15ClN2O5S. The third-order valence-electron chi connectivity index (χ3n) is 3.41. The molecule has 2 heterocycles. The highest BCUT2D eigenvalue weighted by atomic mass is 35.5. The van der Waals surface area contributed by atoms with Gasteiger partial charge in [0.25, 0.3) is 5.91 Å². The number of carbonyl (C=O) groups excluding carboxylic acids is 1. The van der Waals surface area contributed by atoms with E-state index in [0.717, 1.165) is 4.90 Å². The van der Waals surface area contributed by atoms with E-state index in [2.05, 4.69) is 0 Å². The Kier molecular flexibility index (Phi) is 4.29. The number of nitrogens with zero attached hydrogens (tertiary/aromatic N) is 2. The van der Waals surface area contributed by atoms with Crippen LogP contribution in [-0.4, -0.2) is 59.0 Å². The first kappa shape index (κ1) is 15.8. The highest BCUT2D eigenvalue weighted by Gasteiger charge is 2.36. The van der Waals surface area contributed by atoms with Gasteiger partial charge >= 0.3 is 5.97 Å². The molecule has 9 heteroatoms. The molecule has 7 nitrogen and oxygen atoms in total. The van der Waals surface area contributed by atoms with Crippen LogP contribution in [0.1, 0.15) is 16.9 Å². The van der Waals surface area contributed by atoms with Crippen molar-refractivity contribution in [3.05, 3.63) is 23.0 Å². The van der Waals surface area contributed by atoms with Gasteiger partial charge in [-0.05, 0) is 12.5 Å². The third kappa shape index (κ3) is 3.56. The number of carboxylic acid groups (broad SMARTS) is 1. The summed E-state index contributed by atoms with van der Waals surface area (Å²) in [6.07, 6.45) is 1.78. The number of sulfone groups is 1. The van der Waals surface area contributed by atoms with Gasteiger partial charge in [-0.2, -0.15) is 0 Å². The Hall–Kier alpha value is -1.54. The van der Waals surface area contributed by atoms with Crippen molar-refractivity contribution in [1.29, 1.82) is 0 Å². The molecule has 21 heavy (non-hydrogen) atoms. The average Bonchev–Trinajstić information content (AvgIpc) is 2.87. The SMILES string of the molecule is Cn1cc(Cl)cc1C(=O)N(CC(=O)O)C1CCS(=O)(=O)C1. The van der Waals surface area contributed by atoms with Crippen LogP contribution in [-0.2, 0) is 21.7 Å². The van der Waals surface area contributed by atoms with E-state index in [4.69, 9.17) is 16.7 Å². The van der Waals surface area contributed by atoms with Crippen molar-refractivity contribution in [2.45, 2.75) is 12.5 Å². The van der Waals surface area contributed by atoms with Crippen molar-refractivity contribution in [1.82, 2.24) is 9.47 Å². The van der Waals surface area contributed by atoms with Crippen molar-refractivity contribution in [2.24, 2.45) is 7.05 Å². The molecule has 1 saturated heterocycles. The molecule has 1 fully saturated rings. The Bertz CT molecular complexity index is 682. The molecule has 1 amide bonds. The highest BCUT2D eigenvalue weighted by molar-refractivity contribution is 7.91. The lowest BCUT2D eigenvalue weighted by molar-refractivity contribution is -0.138. The number of hydrogen-bond donors (Lipinski definition) is 1. The molecule has 1 aliphatic heterocycles. The summed E-state index contributed by atoms with van der Waals surface area (Å²) in [4.78, 5) is 24.6. The number of carbonyl (C=O) groups is 2. The van der Waals surface area contributed by atoms with E-state index in [-0.39, 0.29) is 23.6 Å². The average molecular weight is 335 g/mol. The number of hydrogen-bond acceptors (Lipinski definition) is 4. The van der Waals surface area contributed by atoms with Gasteiger partial charge in [0, 0.05) is 19.3 Å². The molecule has 0 aromatic carbocycles. The summed E-state index contributed by atoms with van der Waals surface area (Å²) in [6.45, 7) is -0.540. The Balaban J connectivity index is 2.30. The smallest absolute Gasteiger partial charge is 0.323 e. The zero-order chi connectivity index (χ0) is 15.8. The van der Waals surface area contributed by atoms with Gasteiger partial charge < -0.3 is 14.6 Å².